The van der Waals surface area contributed by atoms with Crippen LogP contribution >= 0.6 is 22.7 Å². The van der Waals surface area contributed by atoms with Crippen molar-refractivity contribution >= 4 is 48.8 Å². The molecule has 2 saturated heterocycles. The highest BCUT2D eigenvalue weighted by Crippen LogP contribution is 2.32. The van der Waals surface area contributed by atoms with Crippen molar-refractivity contribution in [1.29, 1.82) is 0 Å². The summed E-state index contributed by atoms with van der Waals surface area (Å²) in [4.78, 5) is 19.6. The van der Waals surface area contributed by atoms with E-state index in [1.165, 1.54) is 27.0 Å². The lowest BCUT2D eigenvalue weighted by molar-refractivity contribution is -0.138. The van der Waals surface area contributed by atoms with Crippen LogP contribution in [0.25, 0.3) is 10.2 Å². The van der Waals surface area contributed by atoms with E-state index in [9.17, 15) is 13.2 Å². The summed E-state index contributed by atoms with van der Waals surface area (Å²) in [7, 11) is -1.81. The van der Waals surface area contributed by atoms with Crippen LogP contribution in [0.3, 0.4) is 0 Å². The highest BCUT2D eigenvalue weighted by molar-refractivity contribution is 7.91. The predicted octanol–water partition coefficient (Wildman–Crippen LogP) is 3.84. The topological polar surface area (TPSA) is 89.0 Å². The van der Waals surface area contributed by atoms with Crippen LogP contribution in [0.2, 0.25) is 0 Å². The summed E-state index contributed by atoms with van der Waals surface area (Å²) in [6.45, 7) is 2.07. The van der Waals surface area contributed by atoms with Gasteiger partial charge in [0.2, 0.25) is 5.91 Å². The highest BCUT2D eigenvalue weighted by atomic mass is 32.2. The number of amides is 1. The number of rotatable bonds is 6. The summed E-state index contributed by atoms with van der Waals surface area (Å²) in [5.41, 5.74) is 0.861. The molecule has 3 aromatic rings. The lowest BCUT2D eigenvalue weighted by atomic mass is 9.95. The van der Waals surface area contributed by atoms with E-state index in [-0.39, 0.29) is 17.9 Å². The van der Waals surface area contributed by atoms with Gasteiger partial charge >= 0.3 is 0 Å². The van der Waals surface area contributed by atoms with Gasteiger partial charge in [0.25, 0.3) is 15.2 Å². The number of methoxy groups -OCH3 is 1. The molecule has 11 heteroatoms. The van der Waals surface area contributed by atoms with Crippen LogP contribution in [0.4, 0.5) is 0 Å². The van der Waals surface area contributed by atoms with Gasteiger partial charge in [-0.2, -0.15) is 4.31 Å². The van der Waals surface area contributed by atoms with E-state index < -0.39 is 10.0 Å². The van der Waals surface area contributed by atoms with Crippen molar-refractivity contribution in [2.75, 3.05) is 33.3 Å². The van der Waals surface area contributed by atoms with Crippen LogP contribution in [0, 0.1) is 5.92 Å². The Hall–Kier alpha value is -2.21. The molecule has 0 saturated carbocycles. The van der Waals surface area contributed by atoms with Crippen molar-refractivity contribution in [1.82, 2.24) is 14.2 Å². The van der Waals surface area contributed by atoms with Crippen LogP contribution in [0.15, 0.2) is 39.9 Å². The van der Waals surface area contributed by atoms with Gasteiger partial charge in [-0.3, -0.25) is 4.79 Å². The number of hydrogen-bond donors (Lipinski definition) is 0. The largest absolute Gasteiger partial charge is 0.497 e. The van der Waals surface area contributed by atoms with Gasteiger partial charge in [-0.15, -0.1) is 11.3 Å². The van der Waals surface area contributed by atoms with Gasteiger partial charge in [0, 0.05) is 51.0 Å². The van der Waals surface area contributed by atoms with Crippen LogP contribution in [-0.4, -0.2) is 67.9 Å². The van der Waals surface area contributed by atoms with Gasteiger partial charge in [0.15, 0.2) is 0 Å². The van der Waals surface area contributed by atoms with E-state index in [4.69, 9.17) is 9.47 Å². The van der Waals surface area contributed by atoms with Gasteiger partial charge < -0.3 is 14.4 Å². The lowest BCUT2D eigenvalue weighted by Crippen LogP contribution is -2.47. The maximum atomic E-state index is 13.1. The van der Waals surface area contributed by atoms with Crippen LogP contribution in [0.1, 0.15) is 25.7 Å². The van der Waals surface area contributed by atoms with Gasteiger partial charge in [-0.25, -0.2) is 13.4 Å². The number of thiazole rings is 1. The first-order valence-electron chi connectivity index (χ1n) is 11.4. The van der Waals surface area contributed by atoms with Gasteiger partial charge in [-0.05, 0) is 36.4 Å². The fourth-order valence-corrected chi connectivity index (χ4v) is 8.01. The first-order valence-corrected chi connectivity index (χ1v) is 14.5. The Morgan fingerprint density at radius 3 is 2.53 bits per heavy atom. The molecule has 2 aromatic heterocycles. The molecule has 0 radical (unpaired) electrons. The molecule has 0 aliphatic carbocycles. The molecule has 5 rings (SSSR count). The van der Waals surface area contributed by atoms with E-state index in [1.807, 2.05) is 23.1 Å². The number of thiophene rings is 1. The first-order chi connectivity index (χ1) is 16.4. The van der Waals surface area contributed by atoms with Crippen LogP contribution < -0.4 is 9.47 Å². The average Bonchev–Trinajstić information content (AvgIpc) is 3.54. The zero-order valence-corrected chi connectivity index (χ0v) is 21.3. The van der Waals surface area contributed by atoms with E-state index in [0.29, 0.717) is 48.4 Å². The second-order valence-electron chi connectivity index (χ2n) is 8.57. The van der Waals surface area contributed by atoms with E-state index in [2.05, 4.69) is 4.98 Å². The number of fused-ring (bicyclic) bond motifs is 1. The number of likely N-dealkylation sites (tertiary alicyclic amines) is 1. The average molecular weight is 522 g/mol. The Morgan fingerprint density at radius 1 is 1.09 bits per heavy atom. The Labute approximate surface area is 207 Å². The Kier molecular flexibility index (Phi) is 6.79. The molecule has 4 heterocycles. The molecule has 2 fully saturated rings. The molecular weight excluding hydrogens is 494 g/mol. The molecule has 34 heavy (non-hydrogen) atoms. The minimum Gasteiger partial charge on any atom is -0.497 e. The zero-order valence-electron chi connectivity index (χ0n) is 18.9. The smallest absolute Gasteiger partial charge is 0.274 e. The fourth-order valence-electron chi connectivity index (χ4n) is 4.54. The summed E-state index contributed by atoms with van der Waals surface area (Å²) >= 11 is 2.75. The van der Waals surface area contributed by atoms with Gasteiger partial charge in [0.1, 0.15) is 16.1 Å². The second kappa shape index (κ2) is 9.80. The molecule has 2 aliphatic rings. The van der Waals surface area contributed by atoms with E-state index >= 15 is 0 Å². The third-order valence-electron chi connectivity index (χ3n) is 6.49. The molecule has 0 atom stereocenters. The summed E-state index contributed by atoms with van der Waals surface area (Å²) in [6.07, 6.45) is 2.68. The number of piperidine rings is 2. The first kappa shape index (κ1) is 23.5. The number of hydrogen-bond acceptors (Lipinski definition) is 8. The summed E-state index contributed by atoms with van der Waals surface area (Å²) in [5.74, 6) is 0.788. The SMILES string of the molecule is COc1ccc2sc(OC3CCN(C(=O)C4CCN(S(=O)(=O)c5cccs5)CC4)CC3)nc2c1. The monoisotopic (exact) mass is 521 g/mol. The van der Waals surface area contributed by atoms with E-state index in [0.717, 1.165) is 28.8 Å². The van der Waals surface area contributed by atoms with Crippen molar-refractivity contribution in [3.05, 3.63) is 35.7 Å². The molecular formula is C23H27N3O5S3. The standard InChI is InChI=1S/C23H27N3O5S3/c1-30-18-4-5-20-19(15-18)24-23(33-20)31-17-8-10-25(11-9-17)22(27)16-6-12-26(13-7-16)34(28,29)21-3-2-14-32-21/h2-5,14-17H,6-13H2,1H3. The number of benzene rings is 1. The maximum Gasteiger partial charge on any atom is 0.274 e. The fraction of sp³-hybridized carbons (Fsp3) is 0.478. The van der Waals surface area contributed by atoms with Crippen molar-refractivity contribution < 1.29 is 22.7 Å². The second-order valence-corrected chi connectivity index (χ2v) is 12.7. The van der Waals surface area contributed by atoms with Crippen LogP contribution in [0.5, 0.6) is 10.9 Å². The Bertz CT molecular complexity index is 1240. The zero-order chi connectivity index (χ0) is 23.7. The normalized spacial score (nSPS) is 18.9. The van der Waals surface area contributed by atoms with Crippen molar-refractivity contribution in [2.45, 2.75) is 36.0 Å². The third-order valence-corrected chi connectivity index (χ3v) is 10.7. The van der Waals surface area contributed by atoms with Crippen LogP contribution in [-0.2, 0) is 14.8 Å². The minimum atomic E-state index is -3.45. The lowest BCUT2D eigenvalue weighted by Gasteiger charge is -2.36. The summed E-state index contributed by atoms with van der Waals surface area (Å²) < 4.78 is 39.8. The molecule has 0 N–H and O–H groups in total. The number of carbonyl (C=O) groups excluding carboxylic acids is 1. The van der Waals surface area contributed by atoms with Crippen molar-refractivity contribution in [3.63, 3.8) is 0 Å². The highest BCUT2D eigenvalue weighted by Gasteiger charge is 2.35. The Morgan fingerprint density at radius 2 is 1.85 bits per heavy atom. The molecule has 2 aliphatic heterocycles. The predicted molar refractivity (Wildman–Crippen MR) is 132 cm³/mol. The number of ether oxygens (including phenoxy) is 2. The quantitative estimate of drug-likeness (QED) is 0.490. The molecule has 0 spiro atoms. The summed E-state index contributed by atoms with van der Waals surface area (Å²) in [6, 6.07) is 9.17. The minimum absolute atomic E-state index is 0.0318. The molecule has 0 bridgehead atoms. The molecule has 1 amide bonds. The third kappa shape index (κ3) is 4.79. The van der Waals surface area contributed by atoms with Gasteiger partial charge in [-0.1, -0.05) is 17.4 Å². The number of nitrogens with zero attached hydrogens (tertiary/aromatic N) is 3. The number of carbonyl (C=O) groups is 1. The van der Waals surface area contributed by atoms with Crippen molar-refractivity contribution in [2.24, 2.45) is 5.92 Å². The van der Waals surface area contributed by atoms with Crippen molar-refractivity contribution in [3.8, 4) is 10.9 Å². The number of aromatic nitrogens is 1. The summed E-state index contributed by atoms with van der Waals surface area (Å²) in [5, 5.41) is 2.41. The Balaban J connectivity index is 1.12. The van der Waals surface area contributed by atoms with Gasteiger partial charge in [0.05, 0.1) is 17.3 Å². The molecule has 0 unspecified atom stereocenters. The van der Waals surface area contributed by atoms with E-state index in [1.54, 1.807) is 24.6 Å². The molecule has 182 valence electrons. The number of sulfonamides is 1. The molecule has 1 aromatic carbocycles. The molecule has 8 nitrogen and oxygen atoms in total. The maximum absolute atomic E-state index is 13.1.